The Morgan fingerprint density at radius 1 is 1.27 bits per heavy atom. The number of anilines is 1. The van der Waals surface area contributed by atoms with E-state index in [1.807, 2.05) is 22.9 Å². The normalized spacial score (nSPS) is 9.91. The second kappa shape index (κ2) is 4.57. The predicted molar refractivity (Wildman–Crippen MR) is 55.7 cm³/mol. The zero-order valence-electron chi connectivity index (χ0n) is 6.41. The molecule has 0 saturated heterocycles. The Bertz CT molecular complexity index is 208. The van der Waals surface area contributed by atoms with E-state index in [1.54, 1.807) is 10.8 Å². The van der Waals surface area contributed by atoms with Gasteiger partial charge in [-0.2, -0.15) is 0 Å². The molecule has 0 amide bonds. The molecule has 1 aromatic carbocycles. The number of nitrogen functional groups attached to an aromatic ring is 1. The number of rotatable bonds is 3. The largest absolute Gasteiger partial charge is 0.399 e. The highest BCUT2D eigenvalue weighted by Gasteiger charge is 1.91. The van der Waals surface area contributed by atoms with Crippen LogP contribution in [-0.4, -0.2) is 6.26 Å². The number of nitrogens with two attached hydrogens (primary N) is 1. The van der Waals surface area contributed by atoms with Crippen LogP contribution in [0, 0.1) is 0 Å². The van der Waals surface area contributed by atoms with E-state index in [-0.39, 0.29) is 0 Å². The Balaban J connectivity index is 2.52. The minimum absolute atomic E-state index is 0.836. The SMILES string of the molecule is CSSCc1ccc(N)cc1. The first-order chi connectivity index (χ1) is 5.33. The van der Waals surface area contributed by atoms with Crippen LogP contribution in [0.5, 0.6) is 0 Å². The molecule has 1 aromatic rings. The van der Waals surface area contributed by atoms with Gasteiger partial charge in [-0.1, -0.05) is 33.7 Å². The van der Waals surface area contributed by atoms with Crippen LogP contribution in [0.15, 0.2) is 24.3 Å². The molecule has 0 fully saturated rings. The van der Waals surface area contributed by atoms with Crippen LogP contribution in [0.25, 0.3) is 0 Å². The molecule has 0 unspecified atom stereocenters. The zero-order chi connectivity index (χ0) is 8.10. The summed E-state index contributed by atoms with van der Waals surface area (Å²) < 4.78 is 0. The van der Waals surface area contributed by atoms with E-state index in [1.165, 1.54) is 5.56 Å². The minimum atomic E-state index is 0.836. The molecule has 2 N–H and O–H groups in total. The summed E-state index contributed by atoms with van der Waals surface area (Å²) in [6.07, 6.45) is 2.09. The highest BCUT2D eigenvalue weighted by Crippen LogP contribution is 2.22. The molecule has 0 atom stereocenters. The second-order valence-electron chi connectivity index (χ2n) is 2.17. The van der Waals surface area contributed by atoms with Crippen molar-refractivity contribution >= 4 is 27.3 Å². The van der Waals surface area contributed by atoms with Crippen molar-refractivity contribution in [3.05, 3.63) is 29.8 Å². The Kier molecular flexibility index (Phi) is 3.66. The average molecular weight is 185 g/mol. The van der Waals surface area contributed by atoms with Gasteiger partial charge < -0.3 is 5.73 Å². The van der Waals surface area contributed by atoms with Crippen molar-refractivity contribution in [2.24, 2.45) is 0 Å². The van der Waals surface area contributed by atoms with Crippen molar-refractivity contribution < 1.29 is 0 Å². The Morgan fingerprint density at radius 2 is 1.91 bits per heavy atom. The van der Waals surface area contributed by atoms with E-state index in [9.17, 15) is 0 Å². The molecule has 0 saturated carbocycles. The third-order valence-corrected chi connectivity index (χ3v) is 3.07. The summed E-state index contributed by atoms with van der Waals surface area (Å²) in [5.74, 6) is 1.06. The summed E-state index contributed by atoms with van der Waals surface area (Å²) in [4.78, 5) is 0. The van der Waals surface area contributed by atoms with E-state index in [2.05, 4.69) is 18.4 Å². The highest BCUT2D eigenvalue weighted by molar-refractivity contribution is 8.76. The van der Waals surface area contributed by atoms with Crippen molar-refractivity contribution in [2.75, 3.05) is 12.0 Å². The van der Waals surface area contributed by atoms with Crippen molar-refractivity contribution in [2.45, 2.75) is 5.75 Å². The molecular weight excluding hydrogens is 174 g/mol. The summed E-state index contributed by atoms with van der Waals surface area (Å²) in [6, 6.07) is 8.02. The molecule has 1 nitrogen and oxygen atoms in total. The van der Waals surface area contributed by atoms with Crippen LogP contribution < -0.4 is 5.73 Å². The van der Waals surface area contributed by atoms with E-state index in [0.29, 0.717) is 0 Å². The number of benzene rings is 1. The molecule has 60 valence electrons. The lowest BCUT2D eigenvalue weighted by Crippen LogP contribution is -1.84. The van der Waals surface area contributed by atoms with Crippen LogP contribution in [0.1, 0.15) is 5.56 Å². The van der Waals surface area contributed by atoms with Gasteiger partial charge in [-0.3, -0.25) is 0 Å². The second-order valence-corrected chi connectivity index (χ2v) is 4.74. The quantitative estimate of drug-likeness (QED) is 0.579. The smallest absolute Gasteiger partial charge is 0.0314 e. The first-order valence-corrected chi connectivity index (χ1v) is 6.05. The third-order valence-electron chi connectivity index (χ3n) is 1.32. The van der Waals surface area contributed by atoms with Crippen molar-refractivity contribution in [3.8, 4) is 0 Å². The van der Waals surface area contributed by atoms with Crippen LogP contribution in [0.2, 0.25) is 0 Å². The lowest BCUT2D eigenvalue weighted by atomic mass is 10.2. The molecule has 0 bridgehead atoms. The molecule has 0 aromatic heterocycles. The highest BCUT2D eigenvalue weighted by atomic mass is 33.1. The van der Waals surface area contributed by atoms with Gasteiger partial charge in [0.1, 0.15) is 0 Å². The third kappa shape index (κ3) is 3.08. The van der Waals surface area contributed by atoms with E-state index in [0.717, 1.165) is 11.4 Å². The van der Waals surface area contributed by atoms with Gasteiger partial charge in [0, 0.05) is 11.4 Å². The molecule has 0 heterocycles. The molecule has 0 radical (unpaired) electrons. The fourth-order valence-electron chi connectivity index (χ4n) is 0.741. The fraction of sp³-hybridized carbons (Fsp3) is 0.250. The van der Waals surface area contributed by atoms with Gasteiger partial charge in [-0.25, -0.2) is 0 Å². The maximum absolute atomic E-state index is 5.54. The maximum Gasteiger partial charge on any atom is 0.0314 e. The summed E-state index contributed by atoms with van der Waals surface area (Å²) in [5, 5.41) is 0. The van der Waals surface area contributed by atoms with Gasteiger partial charge >= 0.3 is 0 Å². The average Bonchev–Trinajstić information content (AvgIpc) is 2.04. The van der Waals surface area contributed by atoms with Crippen molar-refractivity contribution in [3.63, 3.8) is 0 Å². The van der Waals surface area contributed by atoms with Crippen LogP contribution in [0.3, 0.4) is 0 Å². The molecular formula is C8H11NS2. The van der Waals surface area contributed by atoms with E-state index < -0.39 is 0 Å². The van der Waals surface area contributed by atoms with Crippen molar-refractivity contribution in [1.82, 2.24) is 0 Å². The standard InChI is InChI=1S/C8H11NS2/c1-10-11-6-7-2-4-8(9)5-3-7/h2-5H,6,9H2,1H3. The first-order valence-electron chi connectivity index (χ1n) is 3.33. The lowest BCUT2D eigenvalue weighted by Gasteiger charge is -1.98. The predicted octanol–water partition coefficient (Wildman–Crippen LogP) is 2.78. The van der Waals surface area contributed by atoms with Gasteiger partial charge in [-0.05, 0) is 24.0 Å². The Hall–Kier alpha value is -0.280. The molecule has 3 heteroatoms. The summed E-state index contributed by atoms with van der Waals surface area (Å²) in [7, 11) is 3.63. The van der Waals surface area contributed by atoms with E-state index >= 15 is 0 Å². The van der Waals surface area contributed by atoms with Gasteiger partial charge in [0.15, 0.2) is 0 Å². The molecule has 11 heavy (non-hydrogen) atoms. The lowest BCUT2D eigenvalue weighted by molar-refractivity contribution is 1.43. The maximum atomic E-state index is 5.54. The minimum Gasteiger partial charge on any atom is -0.399 e. The molecule has 1 rings (SSSR count). The monoisotopic (exact) mass is 185 g/mol. The summed E-state index contributed by atoms with van der Waals surface area (Å²) in [5.41, 5.74) is 7.71. The summed E-state index contributed by atoms with van der Waals surface area (Å²) in [6.45, 7) is 0. The van der Waals surface area contributed by atoms with Crippen LogP contribution in [-0.2, 0) is 5.75 Å². The van der Waals surface area contributed by atoms with Gasteiger partial charge in [0.05, 0.1) is 0 Å². The van der Waals surface area contributed by atoms with Crippen LogP contribution >= 0.6 is 21.6 Å². The molecule has 0 spiro atoms. The topological polar surface area (TPSA) is 26.0 Å². The van der Waals surface area contributed by atoms with Gasteiger partial charge in [-0.15, -0.1) is 0 Å². The number of hydrogen-bond acceptors (Lipinski definition) is 3. The molecule has 0 aliphatic heterocycles. The first kappa shape index (κ1) is 8.81. The van der Waals surface area contributed by atoms with Gasteiger partial charge in [0.25, 0.3) is 0 Å². The zero-order valence-corrected chi connectivity index (χ0v) is 8.04. The van der Waals surface area contributed by atoms with Crippen LogP contribution in [0.4, 0.5) is 5.69 Å². The van der Waals surface area contributed by atoms with E-state index in [4.69, 9.17) is 5.73 Å². The Morgan fingerprint density at radius 3 is 2.45 bits per heavy atom. The fourth-order valence-corrected chi connectivity index (χ4v) is 1.95. The number of hydrogen-bond donors (Lipinski definition) is 1. The Labute approximate surface area is 75.1 Å². The van der Waals surface area contributed by atoms with Gasteiger partial charge in [0.2, 0.25) is 0 Å². The molecule has 0 aliphatic carbocycles. The molecule has 0 aliphatic rings. The van der Waals surface area contributed by atoms with Crippen molar-refractivity contribution in [1.29, 1.82) is 0 Å². The summed E-state index contributed by atoms with van der Waals surface area (Å²) >= 11 is 0.